The summed E-state index contributed by atoms with van der Waals surface area (Å²) >= 11 is 0. The number of rotatable bonds is 9. The summed E-state index contributed by atoms with van der Waals surface area (Å²) in [6.45, 7) is 12.1. The highest BCUT2D eigenvalue weighted by Gasteiger charge is 2.22. The van der Waals surface area contributed by atoms with E-state index in [2.05, 4.69) is 10.4 Å². The van der Waals surface area contributed by atoms with E-state index in [0.717, 1.165) is 5.69 Å². The lowest BCUT2D eigenvalue weighted by Crippen LogP contribution is -2.30. The number of nitrogens with zero attached hydrogens (tertiary/aromatic N) is 2. The second-order valence-corrected chi connectivity index (χ2v) is 7.51. The van der Waals surface area contributed by atoms with Crippen molar-refractivity contribution in [3.8, 4) is 11.5 Å². The topological polar surface area (TPSA) is 91.7 Å². The van der Waals surface area contributed by atoms with Crippen molar-refractivity contribution in [2.45, 2.75) is 47.6 Å². The van der Waals surface area contributed by atoms with E-state index in [4.69, 9.17) is 14.2 Å². The number of ether oxygens (including phenoxy) is 3. The molecule has 0 aliphatic rings. The van der Waals surface area contributed by atoms with Gasteiger partial charge < -0.3 is 19.5 Å². The van der Waals surface area contributed by atoms with E-state index >= 15 is 0 Å². The first-order chi connectivity index (χ1) is 14.1. The summed E-state index contributed by atoms with van der Waals surface area (Å²) in [6.07, 6.45) is -0.982. The van der Waals surface area contributed by atoms with Crippen LogP contribution in [-0.2, 0) is 16.6 Å². The summed E-state index contributed by atoms with van der Waals surface area (Å²) in [5.41, 5.74) is 2.41. The van der Waals surface area contributed by atoms with Gasteiger partial charge in [0.1, 0.15) is 0 Å². The van der Waals surface area contributed by atoms with E-state index < -0.39 is 18.0 Å². The number of benzene rings is 1. The fourth-order valence-corrected chi connectivity index (χ4v) is 2.74. The predicted octanol–water partition coefficient (Wildman–Crippen LogP) is 3.65. The van der Waals surface area contributed by atoms with Crippen LogP contribution < -0.4 is 14.8 Å². The van der Waals surface area contributed by atoms with Crippen LogP contribution in [0, 0.1) is 19.8 Å². The minimum absolute atomic E-state index is 0.281. The van der Waals surface area contributed by atoms with Gasteiger partial charge in [0.25, 0.3) is 5.91 Å². The SMILES string of the molecule is CCOc1cc(C(=O)O[C@@H](C)C(=O)Nc2c(C)nn(C)c2C)ccc1OCC(C)C. The first-order valence-corrected chi connectivity index (χ1v) is 10.1. The zero-order valence-corrected chi connectivity index (χ0v) is 18.7. The number of carbonyl (C=O) groups is 2. The van der Waals surface area contributed by atoms with Crippen molar-refractivity contribution in [2.75, 3.05) is 18.5 Å². The summed E-state index contributed by atoms with van der Waals surface area (Å²) in [4.78, 5) is 25.1. The zero-order chi connectivity index (χ0) is 22.4. The summed E-state index contributed by atoms with van der Waals surface area (Å²) < 4.78 is 18.4. The Morgan fingerprint density at radius 1 is 1.13 bits per heavy atom. The molecule has 2 aromatic rings. The van der Waals surface area contributed by atoms with Crippen LogP contribution in [0.1, 0.15) is 49.4 Å². The Hall–Kier alpha value is -3.03. The zero-order valence-electron chi connectivity index (χ0n) is 18.7. The van der Waals surface area contributed by atoms with Crippen LogP contribution in [0.2, 0.25) is 0 Å². The van der Waals surface area contributed by atoms with Gasteiger partial charge in [-0.15, -0.1) is 0 Å². The molecule has 0 radical (unpaired) electrons. The van der Waals surface area contributed by atoms with Crippen molar-refractivity contribution in [1.82, 2.24) is 9.78 Å². The Kier molecular flexibility index (Phi) is 7.86. The maximum absolute atomic E-state index is 12.6. The van der Waals surface area contributed by atoms with Gasteiger partial charge in [-0.25, -0.2) is 4.79 Å². The number of aryl methyl sites for hydroxylation is 2. The highest BCUT2D eigenvalue weighted by molar-refractivity contribution is 5.98. The third-order valence-corrected chi connectivity index (χ3v) is 4.46. The van der Waals surface area contributed by atoms with Gasteiger partial charge in [-0.3, -0.25) is 9.48 Å². The lowest BCUT2D eigenvalue weighted by Gasteiger charge is -2.16. The molecule has 0 bridgehead atoms. The molecule has 0 unspecified atom stereocenters. The number of esters is 1. The van der Waals surface area contributed by atoms with Gasteiger partial charge in [0.05, 0.1) is 35.9 Å². The van der Waals surface area contributed by atoms with Gasteiger partial charge in [-0.1, -0.05) is 13.8 Å². The van der Waals surface area contributed by atoms with Crippen molar-refractivity contribution in [3.63, 3.8) is 0 Å². The first-order valence-electron chi connectivity index (χ1n) is 10.1. The Morgan fingerprint density at radius 2 is 1.83 bits per heavy atom. The standard InChI is InChI=1S/C22H31N3O5/c1-8-28-19-11-17(9-10-18(19)29-12-13(2)3)22(27)30-16(6)21(26)23-20-14(4)24-25(7)15(20)5/h9-11,13,16H,8,12H2,1-7H3,(H,23,26)/t16-/m0/s1. The lowest BCUT2D eigenvalue weighted by molar-refractivity contribution is -0.123. The van der Waals surface area contributed by atoms with Crippen LogP contribution in [0.4, 0.5) is 5.69 Å². The molecule has 30 heavy (non-hydrogen) atoms. The second kappa shape index (κ2) is 10.1. The highest BCUT2D eigenvalue weighted by atomic mass is 16.5. The molecule has 0 saturated heterocycles. The normalized spacial score (nSPS) is 11.9. The smallest absolute Gasteiger partial charge is 0.339 e. The predicted molar refractivity (Wildman–Crippen MR) is 114 cm³/mol. The van der Waals surface area contributed by atoms with Crippen molar-refractivity contribution >= 4 is 17.6 Å². The monoisotopic (exact) mass is 417 g/mol. The van der Waals surface area contributed by atoms with Crippen LogP contribution in [0.5, 0.6) is 11.5 Å². The van der Waals surface area contributed by atoms with Crippen molar-refractivity contribution in [3.05, 3.63) is 35.2 Å². The third kappa shape index (κ3) is 5.75. The first kappa shape index (κ1) is 23.3. The van der Waals surface area contributed by atoms with E-state index in [-0.39, 0.29) is 5.56 Å². The van der Waals surface area contributed by atoms with Gasteiger partial charge in [0.15, 0.2) is 17.6 Å². The molecule has 1 amide bonds. The Balaban J connectivity index is 2.08. The number of amides is 1. The quantitative estimate of drug-likeness (QED) is 0.626. The minimum Gasteiger partial charge on any atom is -0.490 e. The molecule has 8 nitrogen and oxygen atoms in total. The number of anilines is 1. The lowest BCUT2D eigenvalue weighted by atomic mass is 10.2. The van der Waals surface area contributed by atoms with Gasteiger partial charge in [0.2, 0.25) is 0 Å². The number of hydrogen-bond acceptors (Lipinski definition) is 6. The highest BCUT2D eigenvalue weighted by Crippen LogP contribution is 2.29. The van der Waals surface area contributed by atoms with E-state index in [1.165, 1.54) is 6.92 Å². The van der Waals surface area contributed by atoms with Gasteiger partial charge >= 0.3 is 5.97 Å². The molecule has 1 heterocycles. The third-order valence-electron chi connectivity index (χ3n) is 4.46. The molecule has 1 atom stereocenters. The molecular formula is C22H31N3O5. The molecule has 1 N–H and O–H groups in total. The maximum Gasteiger partial charge on any atom is 0.339 e. The summed E-state index contributed by atoms with van der Waals surface area (Å²) in [7, 11) is 1.80. The van der Waals surface area contributed by atoms with Crippen molar-refractivity contribution in [1.29, 1.82) is 0 Å². The van der Waals surface area contributed by atoms with Crippen LogP contribution >= 0.6 is 0 Å². The molecule has 0 aliphatic carbocycles. The molecule has 0 fully saturated rings. The fraction of sp³-hybridized carbons (Fsp3) is 0.500. The van der Waals surface area contributed by atoms with E-state index in [1.54, 1.807) is 36.9 Å². The summed E-state index contributed by atoms with van der Waals surface area (Å²) in [5, 5.41) is 7.04. The molecule has 1 aromatic heterocycles. The Labute approximate surface area is 177 Å². The molecule has 8 heteroatoms. The van der Waals surface area contributed by atoms with Gasteiger partial charge in [0, 0.05) is 7.05 Å². The van der Waals surface area contributed by atoms with Crippen LogP contribution in [0.3, 0.4) is 0 Å². The molecule has 2 rings (SSSR count). The number of hydrogen-bond donors (Lipinski definition) is 1. The van der Waals surface area contributed by atoms with Gasteiger partial charge in [-0.2, -0.15) is 5.10 Å². The molecule has 0 spiro atoms. The number of carbonyl (C=O) groups excluding carboxylic acids is 2. The van der Waals surface area contributed by atoms with Crippen LogP contribution in [0.25, 0.3) is 0 Å². The maximum atomic E-state index is 12.6. The van der Waals surface area contributed by atoms with Crippen LogP contribution in [0.15, 0.2) is 18.2 Å². The van der Waals surface area contributed by atoms with E-state index in [9.17, 15) is 9.59 Å². The second-order valence-electron chi connectivity index (χ2n) is 7.51. The summed E-state index contributed by atoms with van der Waals surface area (Å²) in [6, 6.07) is 4.85. The number of nitrogens with one attached hydrogen (secondary N) is 1. The van der Waals surface area contributed by atoms with E-state index in [0.29, 0.717) is 42.0 Å². The fourth-order valence-electron chi connectivity index (χ4n) is 2.74. The van der Waals surface area contributed by atoms with Crippen molar-refractivity contribution < 1.29 is 23.8 Å². The molecule has 164 valence electrons. The van der Waals surface area contributed by atoms with E-state index in [1.807, 2.05) is 27.7 Å². The molecular weight excluding hydrogens is 386 g/mol. The molecule has 0 aliphatic heterocycles. The minimum atomic E-state index is -0.982. The number of aromatic nitrogens is 2. The Morgan fingerprint density at radius 3 is 2.40 bits per heavy atom. The molecule has 0 saturated carbocycles. The largest absolute Gasteiger partial charge is 0.490 e. The Bertz CT molecular complexity index is 904. The average molecular weight is 418 g/mol. The average Bonchev–Trinajstić information content (AvgIpc) is 2.92. The van der Waals surface area contributed by atoms with Gasteiger partial charge in [-0.05, 0) is 51.8 Å². The summed E-state index contributed by atoms with van der Waals surface area (Å²) in [5.74, 6) is 0.343. The van der Waals surface area contributed by atoms with Crippen molar-refractivity contribution in [2.24, 2.45) is 13.0 Å². The molecule has 1 aromatic carbocycles. The van der Waals surface area contributed by atoms with Crippen LogP contribution in [-0.4, -0.2) is 41.0 Å².